The summed E-state index contributed by atoms with van der Waals surface area (Å²) in [5.74, 6) is -0.297. The molecule has 1 aliphatic rings. The summed E-state index contributed by atoms with van der Waals surface area (Å²) < 4.78 is 27.7. The van der Waals surface area contributed by atoms with Gasteiger partial charge in [0.15, 0.2) is 0 Å². The predicted octanol–water partition coefficient (Wildman–Crippen LogP) is 3.18. The molecule has 1 amide bonds. The lowest BCUT2D eigenvalue weighted by molar-refractivity contribution is -0.119. The summed E-state index contributed by atoms with van der Waals surface area (Å²) in [6.45, 7) is 5.42. The molecule has 0 spiro atoms. The van der Waals surface area contributed by atoms with Gasteiger partial charge in [-0.3, -0.25) is 9.10 Å². The number of carbonyl (C=O) groups excluding carboxylic acids is 1. The number of aryl methyl sites for hydroxylation is 1. The number of amides is 1. The van der Waals surface area contributed by atoms with Crippen molar-refractivity contribution in [3.8, 4) is 0 Å². The smallest absolute Gasteiger partial charge is 0.264 e. The zero-order valence-electron chi connectivity index (χ0n) is 17.6. The molecule has 1 fully saturated rings. The van der Waals surface area contributed by atoms with Crippen molar-refractivity contribution in [2.24, 2.45) is 0 Å². The number of sulfonamides is 1. The van der Waals surface area contributed by atoms with Crippen molar-refractivity contribution < 1.29 is 13.2 Å². The summed E-state index contributed by atoms with van der Waals surface area (Å²) in [6, 6.07) is 15.4. The van der Waals surface area contributed by atoms with Gasteiger partial charge >= 0.3 is 0 Å². The molecule has 30 heavy (non-hydrogen) atoms. The van der Waals surface area contributed by atoms with E-state index < -0.39 is 10.0 Å². The first-order valence-electron chi connectivity index (χ1n) is 10.6. The molecule has 7 heteroatoms. The molecule has 2 aromatic rings. The minimum Gasteiger partial charge on any atom is -0.354 e. The van der Waals surface area contributed by atoms with Crippen molar-refractivity contribution in [1.82, 2.24) is 10.2 Å². The summed E-state index contributed by atoms with van der Waals surface area (Å²) in [6.07, 6.45) is 4.66. The molecule has 0 aliphatic carbocycles. The lowest BCUT2D eigenvalue weighted by Gasteiger charge is -2.26. The van der Waals surface area contributed by atoms with Crippen LogP contribution in [0.5, 0.6) is 0 Å². The second kappa shape index (κ2) is 10.6. The first kappa shape index (κ1) is 22.3. The van der Waals surface area contributed by atoms with E-state index in [4.69, 9.17) is 0 Å². The Balaban J connectivity index is 1.66. The normalized spacial score (nSPS) is 15.0. The van der Waals surface area contributed by atoms with Gasteiger partial charge in [-0.2, -0.15) is 0 Å². The lowest BCUT2D eigenvalue weighted by Crippen LogP contribution is -2.41. The number of likely N-dealkylation sites (tertiary alicyclic amines) is 1. The first-order valence-corrected chi connectivity index (χ1v) is 12.0. The van der Waals surface area contributed by atoms with E-state index in [-0.39, 0.29) is 17.3 Å². The maximum Gasteiger partial charge on any atom is 0.264 e. The molecule has 0 saturated carbocycles. The average Bonchev–Trinajstić information content (AvgIpc) is 2.76. The topological polar surface area (TPSA) is 69.7 Å². The van der Waals surface area contributed by atoms with Crippen LogP contribution >= 0.6 is 0 Å². The maximum absolute atomic E-state index is 13.3. The molecule has 0 radical (unpaired) electrons. The number of nitrogens with one attached hydrogen (secondary N) is 1. The summed E-state index contributed by atoms with van der Waals surface area (Å²) in [5.41, 5.74) is 1.42. The number of anilines is 1. The van der Waals surface area contributed by atoms with E-state index in [1.54, 1.807) is 48.5 Å². The number of hydrogen-bond donors (Lipinski definition) is 1. The Morgan fingerprint density at radius 1 is 1.03 bits per heavy atom. The van der Waals surface area contributed by atoms with Crippen LogP contribution in [0.15, 0.2) is 59.5 Å². The molecule has 0 unspecified atom stereocenters. The highest BCUT2D eigenvalue weighted by molar-refractivity contribution is 7.92. The van der Waals surface area contributed by atoms with Crippen molar-refractivity contribution in [3.63, 3.8) is 0 Å². The highest BCUT2D eigenvalue weighted by Gasteiger charge is 2.27. The van der Waals surface area contributed by atoms with Crippen molar-refractivity contribution in [1.29, 1.82) is 0 Å². The van der Waals surface area contributed by atoms with Gasteiger partial charge in [-0.15, -0.1) is 0 Å². The Hall–Kier alpha value is -2.38. The van der Waals surface area contributed by atoms with Gasteiger partial charge in [0.25, 0.3) is 10.0 Å². The molecule has 0 bridgehead atoms. The number of benzene rings is 2. The Morgan fingerprint density at radius 2 is 1.77 bits per heavy atom. The molecule has 3 rings (SSSR count). The number of piperidine rings is 1. The monoisotopic (exact) mass is 429 g/mol. The number of rotatable bonds is 9. The van der Waals surface area contributed by atoms with Gasteiger partial charge in [0.05, 0.1) is 10.6 Å². The third-order valence-corrected chi connectivity index (χ3v) is 7.12. The molecular weight excluding hydrogens is 398 g/mol. The van der Waals surface area contributed by atoms with Crippen molar-refractivity contribution in [3.05, 3.63) is 60.2 Å². The zero-order chi connectivity index (χ0) is 21.4. The van der Waals surface area contributed by atoms with Crippen molar-refractivity contribution in [2.75, 3.05) is 37.0 Å². The van der Waals surface area contributed by atoms with E-state index in [1.165, 1.54) is 23.6 Å². The Labute approximate surface area is 179 Å². The van der Waals surface area contributed by atoms with E-state index in [2.05, 4.69) is 10.2 Å². The van der Waals surface area contributed by atoms with E-state index in [1.807, 2.05) is 13.0 Å². The van der Waals surface area contributed by atoms with Gasteiger partial charge in [0, 0.05) is 6.54 Å². The van der Waals surface area contributed by atoms with Crippen LogP contribution in [0.1, 0.15) is 31.2 Å². The van der Waals surface area contributed by atoms with Crippen LogP contribution in [-0.2, 0) is 14.8 Å². The van der Waals surface area contributed by atoms with E-state index in [0.717, 1.165) is 31.6 Å². The molecule has 0 aromatic heterocycles. The summed E-state index contributed by atoms with van der Waals surface area (Å²) >= 11 is 0. The Kier molecular flexibility index (Phi) is 7.87. The molecule has 1 N–H and O–H groups in total. The lowest BCUT2D eigenvalue weighted by atomic mass is 10.1. The Bertz CT molecular complexity index is 926. The summed E-state index contributed by atoms with van der Waals surface area (Å²) in [7, 11) is -3.85. The van der Waals surface area contributed by atoms with Crippen LogP contribution in [0, 0.1) is 6.92 Å². The predicted molar refractivity (Wildman–Crippen MR) is 120 cm³/mol. The first-order chi connectivity index (χ1) is 14.5. The molecule has 1 heterocycles. The number of hydrogen-bond acceptors (Lipinski definition) is 4. The molecule has 6 nitrogen and oxygen atoms in total. The number of nitrogens with zero attached hydrogens (tertiary/aromatic N) is 2. The molecule has 1 saturated heterocycles. The van der Waals surface area contributed by atoms with Gasteiger partial charge in [0.2, 0.25) is 5.91 Å². The highest BCUT2D eigenvalue weighted by atomic mass is 32.2. The highest BCUT2D eigenvalue weighted by Crippen LogP contribution is 2.24. The van der Waals surface area contributed by atoms with Gasteiger partial charge in [-0.25, -0.2) is 8.42 Å². The second-order valence-electron chi connectivity index (χ2n) is 7.77. The van der Waals surface area contributed by atoms with Crippen molar-refractivity contribution >= 4 is 21.6 Å². The SMILES string of the molecule is Cc1cccc(N(CC(=O)NCCCN2CCCCC2)S(=O)(=O)c2ccccc2)c1. The molecule has 0 atom stereocenters. The van der Waals surface area contributed by atoms with Crippen LogP contribution in [0.3, 0.4) is 0 Å². The molecule has 162 valence electrons. The summed E-state index contributed by atoms with van der Waals surface area (Å²) in [4.78, 5) is 15.2. The third kappa shape index (κ3) is 6.06. The molecule has 1 aliphatic heterocycles. The van der Waals surface area contributed by atoms with E-state index in [0.29, 0.717) is 12.2 Å². The molecular formula is C23H31N3O3S. The van der Waals surface area contributed by atoms with Crippen LogP contribution in [0.25, 0.3) is 0 Å². The summed E-state index contributed by atoms with van der Waals surface area (Å²) in [5, 5.41) is 2.89. The van der Waals surface area contributed by atoms with Gasteiger partial charge in [-0.1, -0.05) is 36.8 Å². The van der Waals surface area contributed by atoms with Crippen LogP contribution in [-0.4, -0.2) is 51.9 Å². The zero-order valence-corrected chi connectivity index (χ0v) is 18.4. The number of carbonyl (C=O) groups is 1. The standard InChI is InChI=1S/C23H31N3O3S/c1-20-10-8-11-21(18-20)26(30(28,29)22-12-4-2-5-13-22)19-23(27)24-14-9-17-25-15-6-3-7-16-25/h2,4-5,8,10-13,18H,3,6-7,9,14-17,19H2,1H3,(H,24,27). The van der Waals surface area contributed by atoms with E-state index >= 15 is 0 Å². The minimum absolute atomic E-state index is 0.171. The van der Waals surface area contributed by atoms with E-state index in [9.17, 15) is 13.2 Å². The average molecular weight is 430 g/mol. The third-order valence-electron chi connectivity index (χ3n) is 5.33. The minimum atomic E-state index is -3.85. The fourth-order valence-electron chi connectivity index (χ4n) is 3.72. The van der Waals surface area contributed by atoms with Crippen LogP contribution in [0.2, 0.25) is 0 Å². The van der Waals surface area contributed by atoms with Gasteiger partial charge in [0.1, 0.15) is 6.54 Å². The molecule has 2 aromatic carbocycles. The second-order valence-corrected chi connectivity index (χ2v) is 9.63. The Morgan fingerprint density at radius 3 is 2.47 bits per heavy atom. The van der Waals surface area contributed by atoms with Gasteiger partial charge < -0.3 is 10.2 Å². The largest absolute Gasteiger partial charge is 0.354 e. The fourth-order valence-corrected chi connectivity index (χ4v) is 5.15. The van der Waals surface area contributed by atoms with Gasteiger partial charge in [-0.05, 0) is 75.6 Å². The quantitative estimate of drug-likeness (QED) is 0.622. The van der Waals surface area contributed by atoms with Crippen molar-refractivity contribution in [2.45, 2.75) is 37.5 Å². The fraction of sp³-hybridized carbons (Fsp3) is 0.435. The van der Waals surface area contributed by atoms with Crippen LogP contribution in [0.4, 0.5) is 5.69 Å². The maximum atomic E-state index is 13.3. The van der Waals surface area contributed by atoms with Crippen LogP contribution < -0.4 is 9.62 Å².